The summed E-state index contributed by atoms with van der Waals surface area (Å²) in [6.07, 6.45) is 71.0. The summed E-state index contributed by atoms with van der Waals surface area (Å²) in [5, 5.41) is 0. The first kappa shape index (κ1) is 62.3. The fourth-order valence-electron chi connectivity index (χ4n) is 7.41. The number of esters is 3. The van der Waals surface area contributed by atoms with Crippen molar-refractivity contribution in [3.8, 4) is 0 Å². The maximum Gasteiger partial charge on any atom is 0.306 e. The van der Waals surface area contributed by atoms with Crippen molar-refractivity contribution in [2.24, 2.45) is 0 Å². The second-order valence-corrected chi connectivity index (χ2v) is 17.9. The van der Waals surface area contributed by atoms with Gasteiger partial charge in [0, 0.05) is 19.3 Å². The SMILES string of the molecule is CC\C=C/C=C\C=C/C=C\CCCCCCCC(=O)OC(COC(=O)CCCCCCC\C=C/C=C\C=C/C=C\CCCCC)COC(=O)CCCCCCCCCCCCCCCCC. The van der Waals surface area contributed by atoms with Crippen molar-refractivity contribution in [3.05, 3.63) is 97.2 Å². The standard InChI is InChI=1S/C60H100O6/c1-4-7-10-13-16-19-22-25-28-29-30-33-35-38-41-44-47-50-53-59(62)65-56-57(66-60(63)54-51-48-45-42-39-36-32-27-24-21-18-15-12-9-6-3)55-64-58(61)52-49-46-43-40-37-34-31-26-23-20-17-14-11-8-5-2/h9,12,15-16,18-19,21-22,24-25,27-30,32-33,57H,4-8,10-11,13-14,17,20,23,26,31,34-56H2,1-3H3/b12-9-,18-15-,19-16-,24-21-,25-22-,29-28-,32-27-,33-30-. The monoisotopic (exact) mass is 917 g/mol. The Morgan fingerprint density at radius 3 is 0.955 bits per heavy atom. The summed E-state index contributed by atoms with van der Waals surface area (Å²) in [7, 11) is 0. The van der Waals surface area contributed by atoms with Crippen LogP contribution < -0.4 is 0 Å². The smallest absolute Gasteiger partial charge is 0.306 e. The molecule has 0 N–H and O–H groups in total. The van der Waals surface area contributed by atoms with Crippen LogP contribution in [0.15, 0.2) is 97.2 Å². The molecule has 0 fully saturated rings. The quantitative estimate of drug-likeness (QED) is 0.0262. The lowest BCUT2D eigenvalue weighted by atomic mass is 10.0. The van der Waals surface area contributed by atoms with E-state index in [1.165, 1.54) is 96.3 Å². The minimum atomic E-state index is -0.799. The van der Waals surface area contributed by atoms with Crippen LogP contribution in [0.1, 0.15) is 245 Å². The maximum absolute atomic E-state index is 12.8. The van der Waals surface area contributed by atoms with Crippen LogP contribution in [0.4, 0.5) is 0 Å². The van der Waals surface area contributed by atoms with Gasteiger partial charge < -0.3 is 14.2 Å². The molecule has 0 aliphatic rings. The van der Waals surface area contributed by atoms with E-state index >= 15 is 0 Å². The van der Waals surface area contributed by atoms with Crippen LogP contribution in [0.3, 0.4) is 0 Å². The number of carbonyl (C=O) groups excluding carboxylic acids is 3. The lowest BCUT2D eigenvalue weighted by Crippen LogP contribution is -2.30. The third-order valence-corrected chi connectivity index (χ3v) is 11.5. The van der Waals surface area contributed by atoms with Gasteiger partial charge in [-0.1, -0.05) is 259 Å². The van der Waals surface area contributed by atoms with E-state index in [2.05, 4.69) is 99.8 Å². The topological polar surface area (TPSA) is 78.9 Å². The Hall–Kier alpha value is -3.67. The fourth-order valence-corrected chi connectivity index (χ4v) is 7.41. The van der Waals surface area contributed by atoms with Crippen molar-refractivity contribution in [2.45, 2.75) is 252 Å². The van der Waals surface area contributed by atoms with E-state index in [4.69, 9.17) is 14.2 Å². The second-order valence-electron chi connectivity index (χ2n) is 17.9. The highest BCUT2D eigenvalue weighted by Gasteiger charge is 2.19. The largest absolute Gasteiger partial charge is 0.462 e. The van der Waals surface area contributed by atoms with Gasteiger partial charge in [-0.25, -0.2) is 0 Å². The molecular formula is C60H100O6. The molecule has 1 atom stereocenters. The third kappa shape index (κ3) is 51.3. The van der Waals surface area contributed by atoms with Crippen LogP contribution >= 0.6 is 0 Å². The molecule has 0 aliphatic heterocycles. The summed E-state index contributed by atoms with van der Waals surface area (Å²) in [5.41, 5.74) is 0. The van der Waals surface area contributed by atoms with Gasteiger partial charge in [-0.15, -0.1) is 0 Å². The number of carbonyl (C=O) groups is 3. The van der Waals surface area contributed by atoms with Gasteiger partial charge in [0.1, 0.15) is 13.2 Å². The Labute approximate surface area is 407 Å². The highest BCUT2D eigenvalue weighted by atomic mass is 16.6. The van der Waals surface area contributed by atoms with E-state index in [1.54, 1.807) is 0 Å². The van der Waals surface area contributed by atoms with Crippen molar-refractivity contribution in [1.29, 1.82) is 0 Å². The van der Waals surface area contributed by atoms with Crippen LogP contribution in [0.5, 0.6) is 0 Å². The Kier molecular flexibility index (Phi) is 50.9. The van der Waals surface area contributed by atoms with Crippen molar-refractivity contribution in [2.75, 3.05) is 13.2 Å². The first-order valence-corrected chi connectivity index (χ1v) is 27.3. The molecule has 66 heavy (non-hydrogen) atoms. The first-order chi connectivity index (χ1) is 32.5. The van der Waals surface area contributed by atoms with Gasteiger partial charge in [0.2, 0.25) is 0 Å². The molecule has 0 saturated carbocycles. The zero-order valence-corrected chi connectivity index (χ0v) is 42.9. The van der Waals surface area contributed by atoms with Gasteiger partial charge in [0.25, 0.3) is 0 Å². The lowest BCUT2D eigenvalue weighted by Gasteiger charge is -2.18. The van der Waals surface area contributed by atoms with Gasteiger partial charge in [-0.05, 0) is 64.2 Å². The Balaban J connectivity index is 4.47. The van der Waals surface area contributed by atoms with Gasteiger partial charge in [0.15, 0.2) is 6.10 Å². The molecule has 0 heterocycles. The summed E-state index contributed by atoms with van der Waals surface area (Å²) >= 11 is 0. The Morgan fingerprint density at radius 2 is 0.591 bits per heavy atom. The molecule has 0 aromatic heterocycles. The van der Waals surface area contributed by atoms with Gasteiger partial charge in [-0.2, -0.15) is 0 Å². The normalized spacial score (nSPS) is 12.8. The number of unbranched alkanes of at least 4 members (excludes halogenated alkanes) is 27. The van der Waals surface area contributed by atoms with Gasteiger partial charge in [-0.3, -0.25) is 14.4 Å². The molecular weight excluding hydrogens is 817 g/mol. The van der Waals surface area contributed by atoms with Crippen LogP contribution in [0.2, 0.25) is 0 Å². The molecule has 0 amide bonds. The number of rotatable bonds is 48. The Morgan fingerprint density at radius 1 is 0.318 bits per heavy atom. The average molecular weight is 917 g/mol. The molecule has 0 aromatic carbocycles. The van der Waals surface area contributed by atoms with Crippen molar-refractivity contribution in [1.82, 2.24) is 0 Å². The summed E-state index contributed by atoms with van der Waals surface area (Å²) < 4.78 is 16.8. The number of hydrogen-bond acceptors (Lipinski definition) is 6. The fraction of sp³-hybridized carbons (Fsp3) is 0.683. The molecule has 0 spiro atoms. The predicted octanol–water partition coefficient (Wildman–Crippen LogP) is 18.1. The molecule has 0 radical (unpaired) electrons. The maximum atomic E-state index is 12.8. The Bertz CT molecular complexity index is 1330. The summed E-state index contributed by atoms with van der Waals surface area (Å²) in [6, 6.07) is 0. The van der Waals surface area contributed by atoms with Crippen LogP contribution in [0, 0.1) is 0 Å². The van der Waals surface area contributed by atoms with E-state index in [1.807, 2.05) is 18.2 Å². The van der Waals surface area contributed by atoms with Crippen LogP contribution in [-0.2, 0) is 28.6 Å². The minimum Gasteiger partial charge on any atom is -0.462 e. The van der Waals surface area contributed by atoms with Crippen molar-refractivity contribution < 1.29 is 28.6 Å². The van der Waals surface area contributed by atoms with Crippen molar-refractivity contribution >= 4 is 17.9 Å². The summed E-state index contributed by atoms with van der Waals surface area (Å²) in [5.74, 6) is -0.939. The highest BCUT2D eigenvalue weighted by molar-refractivity contribution is 5.71. The minimum absolute atomic E-state index is 0.0943. The molecule has 0 aromatic rings. The van der Waals surface area contributed by atoms with E-state index in [9.17, 15) is 14.4 Å². The number of hydrogen-bond donors (Lipinski definition) is 0. The van der Waals surface area contributed by atoms with Crippen LogP contribution in [0.25, 0.3) is 0 Å². The molecule has 376 valence electrons. The number of ether oxygens (including phenoxy) is 3. The van der Waals surface area contributed by atoms with Gasteiger partial charge in [0.05, 0.1) is 0 Å². The zero-order valence-electron chi connectivity index (χ0n) is 42.9. The molecule has 0 rings (SSSR count). The zero-order chi connectivity index (χ0) is 47.9. The molecule has 0 saturated heterocycles. The summed E-state index contributed by atoms with van der Waals surface area (Å²) in [4.78, 5) is 38.1. The van der Waals surface area contributed by atoms with E-state index in [0.717, 1.165) is 109 Å². The van der Waals surface area contributed by atoms with E-state index in [0.29, 0.717) is 19.3 Å². The number of allylic oxidation sites excluding steroid dienone is 16. The van der Waals surface area contributed by atoms with Crippen molar-refractivity contribution in [3.63, 3.8) is 0 Å². The highest BCUT2D eigenvalue weighted by Crippen LogP contribution is 2.15. The first-order valence-electron chi connectivity index (χ1n) is 27.3. The summed E-state index contributed by atoms with van der Waals surface area (Å²) in [6.45, 7) is 6.43. The molecule has 1 unspecified atom stereocenters. The average Bonchev–Trinajstić information content (AvgIpc) is 3.31. The van der Waals surface area contributed by atoms with E-state index in [-0.39, 0.29) is 31.1 Å². The third-order valence-electron chi connectivity index (χ3n) is 11.5. The lowest BCUT2D eigenvalue weighted by molar-refractivity contribution is -0.167. The van der Waals surface area contributed by atoms with E-state index < -0.39 is 6.10 Å². The second kappa shape index (κ2) is 53.9. The molecule has 6 nitrogen and oxygen atoms in total. The molecule has 0 aliphatic carbocycles. The predicted molar refractivity (Wildman–Crippen MR) is 284 cm³/mol. The van der Waals surface area contributed by atoms with Crippen LogP contribution in [-0.4, -0.2) is 37.2 Å². The molecule has 6 heteroatoms. The molecule has 0 bridgehead atoms. The van der Waals surface area contributed by atoms with Gasteiger partial charge >= 0.3 is 17.9 Å².